The second-order valence-corrected chi connectivity index (χ2v) is 6.37. The zero-order valence-corrected chi connectivity index (χ0v) is 12.4. The maximum absolute atomic E-state index is 11.8. The predicted molar refractivity (Wildman–Crippen MR) is 79.1 cm³/mol. The molecule has 2 aliphatic heterocycles. The van der Waals surface area contributed by atoms with Gasteiger partial charge in [-0.25, -0.2) is 0 Å². The van der Waals surface area contributed by atoms with Gasteiger partial charge in [0.2, 0.25) is 0 Å². The fourth-order valence-electron chi connectivity index (χ4n) is 3.26. The van der Waals surface area contributed by atoms with E-state index in [1.807, 2.05) is 12.4 Å². The van der Waals surface area contributed by atoms with E-state index in [1.165, 1.54) is 12.8 Å². The number of likely N-dealkylation sites (tertiary alicyclic amines) is 1. The van der Waals surface area contributed by atoms with Gasteiger partial charge in [-0.05, 0) is 18.8 Å². The van der Waals surface area contributed by atoms with Crippen molar-refractivity contribution in [2.75, 3.05) is 19.6 Å². The summed E-state index contributed by atoms with van der Waals surface area (Å²) in [5.41, 5.74) is 1.07. The highest BCUT2D eigenvalue weighted by molar-refractivity contribution is 5.14. The number of hydrogen-bond donors (Lipinski definition) is 0. The summed E-state index contributed by atoms with van der Waals surface area (Å²) in [6, 6.07) is 1.69. The smallest absolute Gasteiger partial charge is 0.184 e. The Hall–Kier alpha value is -1.13. The van der Waals surface area contributed by atoms with Crippen LogP contribution in [0.1, 0.15) is 38.2 Å². The highest BCUT2D eigenvalue weighted by Crippen LogP contribution is 2.25. The van der Waals surface area contributed by atoms with Crippen LogP contribution in [0.5, 0.6) is 0 Å². The van der Waals surface area contributed by atoms with Crippen LogP contribution in [0.4, 0.5) is 0 Å². The third-order valence-electron chi connectivity index (χ3n) is 4.42. The Bertz CT molecular complexity index is 511. The summed E-state index contributed by atoms with van der Waals surface area (Å²) in [5, 5.41) is 0. The van der Waals surface area contributed by atoms with Gasteiger partial charge in [-0.3, -0.25) is 9.69 Å². The van der Waals surface area contributed by atoms with Gasteiger partial charge in [0.15, 0.2) is 5.43 Å². The summed E-state index contributed by atoms with van der Waals surface area (Å²) in [4.78, 5) is 14.3. The molecule has 4 heteroatoms. The first-order valence-electron chi connectivity index (χ1n) is 7.69. The van der Waals surface area contributed by atoms with Crippen LogP contribution >= 0.6 is 0 Å². The summed E-state index contributed by atoms with van der Waals surface area (Å²) in [7, 11) is 0. The Kier molecular flexibility index (Phi) is 3.94. The van der Waals surface area contributed by atoms with Gasteiger partial charge >= 0.3 is 0 Å². The van der Waals surface area contributed by atoms with E-state index in [0.29, 0.717) is 12.2 Å². The zero-order valence-electron chi connectivity index (χ0n) is 12.4. The number of pyridine rings is 1. The Morgan fingerprint density at radius 1 is 1.25 bits per heavy atom. The van der Waals surface area contributed by atoms with E-state index >= 15 is 0 Å². The van der Waals surface area contributed by atoms with Crippen LogP contribution in [0.15, 0.2) is 23.3 Å². The molecular weight excluding hydrogens is 252 g/mol. The molecule has 0 spiro atoms. The highest BCUT2D eigenvalue weighted by Gasteiger charge is 2.33. The maximum atomic E-state index is 11.8. The number of rotatable bonds is 4. The molecule has 0 N–H and O–H groups in total. The first kappa shape index (κ1) is 13.8. The average molecular weight is 276 g/mol. The van der Waals surface area contributed by atoms with Crippen molar-refractivity contribution in [1.82, 2.24) is 9.47 Å². The van der Waals surface area contributed by atoms with Crippen LogP contribution in [0.25, 0.3) is 0 Å². The Balaban J connectivity index is 1.61. The predicted octanol–water partition coefficient (Wildman–Crippen LogP) is 1.83. The van der Waals surface area contributed by atoms with E-state index < -0.39 is 0 Å². The fraction of sp³-hybridized carbons (Fsp3) is 0.688. The highest BCUT2D eigenvalue weighted by atomic mass is 16.5. The number of ether oxygens (including phenoxy) is 1. The summed E-state index contributed by atoms with van der Waals surface area (Å²) in [5.74, 6) is 0.286. The summed E-state index contributed by atoms with van der Waals surface area (Å²) in [6.07, 6.45) is 7.27. The Morgan fingerprint density at radius 2 is 1.95 bits per heavy atom. The number of hydrogen-bond acceptors (Lipinski definition) is 3. The first-order valence-corrected chi connectivity index (χ1v) is 7.69. The molecule has 0 saturated carbocycles. The monoisotopic (exact) mass is 276 g/mol. The lowest BCUT2D eigenvalue weighted by Crippen LogP contribution is -2.43. The fourth-order valence-corrected chi connectivity index (χ4v) is 3.26. The molecule has 2 aliphatic rings. The molecule has 1 aromatic heterocycles. The molecule has 0 aliphatic carbocycles. The largest absolute Gasteiger partial charge is 0.372 e. The minimum absolute atomic E-state index is 0.153. The molecule has 0 amide bonds. The van der Waals surface area contributed by atoms with Gasteiger partial charge in [-0.1, -0.05) is 13.8 Å². The van der Waals surface area contributed by atoms with Crippen molar-refractivity contribution in [1.29, 1.82) is 0 Å². The second kappa shape index (κ2) is 5.70. The molecule has 3 rings (SSSR count). The molecule has 3 heterocycles. The molecule has 110 valence electrons. The normalized spacial score (nSPS) is 26.4. The number of aromatic nitrogens is 1. The zero-order chi connectivity index (χ0) is 14.1. The molecule has 2 bridgehead atoms. The molecule has 2 fully saturated rings. The molecule has 0 radical (unpaired) electrons. The van der Waals surface area contributed by atoms with Crippen LogP contribution in [0, 0.1) is 0 Å². The van der Waals surface area contributed by atoms with Gasteiger partial charge in [-0.15, -0.1) is 0 Å². The van der Waals surface area contributed by atoms with Gasteiger partial charge in [0.25, 0.3) is 0 Å². The lowest BCUT2D eigenvalue weighted by Gasteiger charge is -2.32. The quantitative estimate of drug-likeness (QED) is 0.841. The van der Waals surface area contributed by atoms with Crippen molar-refractivity contribution < 1.29 is 4.74 Å². The van der Waals surface area contributed by atoms with Crippen LogP contribution in [-0.4, -0.2) is 41.3 Å². The number of fused-ring (bicyclic) bond motifs is 2. The molecule has 2 saturated heterocycles. The van der Waals surface area contributed by atoms with E-state index in [4.69, 9.17) is 4.74 Å². The van der Waals surface area contributed by atoms with Crippen molar-refractivity contribution >= 4 is 0 Å². The topological polar surface area (TPSA) is 34.5 Å². The third kappa shape index (κ3) is 2.96. The number of morpholine rings is 1. The van der Waals surface area contributed by atoms with Crippen LogP contribution in [0.3, 0.4) is 0 Å². The molecule has 2 unspecified atom stereocenters. The molecule has 1 aromatic rings. The molecule has 2 atom stereocenters. The third-order valence-corrected chi connectivity index (χ3v) is 4.42. The molecule has 20 heavy (non-hydrogen) atoms. The molecule has 4 nitrogen and oxygen atoms in total. The average Bonchev–Trinajstić information content (AvgIpc) is 2.76. The van der Waals surface area contributed by atoms with E-state index in [1.54, 1.807) is 6.07 Å². The summed E-state index contributed by atoms with van der Waals surface area (Å²) >= 11 is 0. The maximum Gasteiger partial charge on any atom is 0.184 e. The van der Waals surface area contributed by atoms with E-state index in [-0.39, 0.29) is 11.3 Å². The summed E-state index contributed by atoms with van der Waals surface area (Å²) < 4.78 is 8.00. The SMILES string of the molecule is CC(C)c1cn(CCN2CC3CCC(C2)O3)ccc1=O. The number of nitrogens with zero attached hydrogens (tertiary/aromatic N) is 2. The molecular formula is C16H24N2O2. The summed E-state index contributed by atoms with van der Waals surface area (Å²) in [6.45, 7) is 8.25. The van der Waals surface area contributed by atoms with Crippen molar-refractivity contribution in [3.63, 3.8) is 0 Å². The lowest BCUT2D eigenvalue weighted by molar-refractivity contribution is -0.0390. The first-order chi connectivity index (χ1) is 9.61. The van der Waals surface area contributed by atoms with Crippen molar-refractivity contribution in [2.45, 2.75) is 51.4 Å². The van der Waals surface area contributed by atoms with Gasteiger partial charge in [-0.2, -0.15) is 0 Å². The van der Waals surface area contributed by atoms with Gasteiger partial charge in [0.05, 0.1) is 12.2 Å². The Morgan fingerprint density at radius 3 is 2.60 bits per heavy atom. The van der Waals surface area contributed by atoms with Gasteiger partial charge < -0.3 is 9.30 Å². The lowest BCUT2D eigenvalue weighted by atomic mass is 10.1. The van der Waals surface area contributed by atoms with Crippen LogP contribution in [0.2, 0.25) is 0 Å². The molecule has 0 aromatic carbocycles. The van der Waals surface area contributed by atoms with Crippen LogP contribution < -0.4 is 5.43 Å². The van der Waals surface area contributed by atoms with Crippen molar-refractivity contribution in [2.24, 2.45) is 0 Å². The van der Waals surface area contributed by atoms with Gasteiger partial charge in [0.1, 0.15) is 0 Å². The van der Waals surface area contributed by atoms with Crippen LogP contribution in [-0.2, 0) is 11.3 Å². The van der Waals surface area contributed by atoms with E-state index in [2.05, 4.69) is 23.3 Å². The minimum atomic E-state index is 0.153. The van der Waals surface area contributed by atoms with Crippen molar-refractivity contribution in [3.8, 4) is 0 Å². The van der Waals surface area contributed by atoms with Crippen molar-refractivity contribution in [3.05, 3.63) is 34.2 Å². The standard InChI is InChI=1S/C16H24N2O2/c1-12(2)15-11-17(6-5-16(15)19)7-8-18-9-13-3-4-14(10-18)20-13/h5-6,11-14H,3-4,7-10H2,1-2H3. The van der Waals surface area contributed by atoms with E-state index in [0.717, 1.165) is 31.7 Å². The van der Waals surface area contributed by atoms with E-state index in [9.17, 15) is 4.79 Å². The van der Waals surface area contributed by atoms with Gasteiger partial charge in [0, 0.05) is 50.2 Å². The second-order valence-electron chi connectivity index (χ2n) is 6.37. The minimum Gasteiger partial charge on any atom is -0.372 e. The Labute approximate surface area is 120 Å².